The van der Waals surface area contributed by atoms with Gasteiger partial charge in [-0.3, -0.25) is 9.36 Å². The molecule has 0 saturated carbocycles. The molecule has 1 atom stereocenters. The summed E-state index contributed by atoms with van der Waals surface area (Å²) in [6, 6.07) is 9.75. The summed E-state index contributed by atoms with van der Waals surface area (Å²) in [5.74, 6) is 0.727. The third-order valence-electron chi connectivity index (χ3n) is 5.30. The number of hydrogen-bond acceptors (Lipinski definition) is 8. The van der Waals surface area contributed by atoms with Gasteiger partial charge in [-0.05, 0) is 43.0 Å². The van der Waals surface area contributed by atoms with Gasteiger partial charge >= 0.3 is 5.97 Å². The lowest BCUT2D eigenvalue weighted by molar-refractivity contribution is -0.113. The summed E-state index contributed by atoms with van der Waals surface area (Å²) < 4.78 is 12.8. The molecule has 3 aromatic rings. The van der Waals surface area contributed by atoms with Gasteiger partial charge in [-0.25, -0.2) is 4.79 Å². The highest BCUT2D eigenvalue weighted by Crippen LogP contribution is 2.30. The number of thiophene rings is 1. The van der Waals surface area contributed by atoms with Crippen LogP contribution in [0.25, 0.3) is 0 Å². The van der Waals surface area contributed by atoms with Crippen LogP contribution in [0.15, 0.2) is 48.1 Å². The molecule has 192 valence electrons. The molecule has 0 fully saturated rings. The first kappa shape index (κ1) is 27.5. The van der Waals surface area contributed by atoms with Crippen LogP contribution in [-0.2, 0) is 21.5 Å². The summed E-state index contributed by atoms with van der Waals surface area (Å²) in [4.78, 5) is 25.5. The highest BCUT2D eigenvalue weighted by Gasteiger charge is 2.22. The van der Waals surface area contributed by atoms with E-state index in [1.807, 2.05) is 30.5 Å². The number of hydrogen-bond donors (Lipinski definition) is 1. The molecule has 2 aromatic heterocycles. The van der Waals surface area contributed by atoms with Crippen LogP contribution in [0.1, 0.15) is 60.4 Å². The van der Waals surface area contributed by atoms with Gasteiger partial charge in [-0.15, -0.1) is 28.1 Å². The van der Waals surface area contributed by atoms with Crippen LogP contribution in [-0.4, -0.2) is 39.5 Å². The van der Waals surface area contributed by atoms with Crippen molar-refractivity contribution in [1.29, 1.82) is 0 Å². The zero-order chi connectivity index (χ0) is 26.5. The molecule has 10 heteroatoms. The lowest BCUT2D eigenvalue weighted by atomic mass is 9.87. The Morgan fingerprint density at radius 1 is 1.25 bits per heavy atom. The van der Waals surface area contributed by atoms with Crippen molar-refractivity contribution in [3.8, 4) is 5.75 Å². The number of aryl methyl sites for hydroxylation is 1. The molecule has 1 unspecified atom stereocenters. The topological polar surface area (TPSA) is 95.3 Å². The minimum absolute atomic E-state index is 0.0654. The van der Waals surface area contributed by atoms with Crippen molar-refractivity contribution in [2.45, 2.75) is 57.8 Å². The molecule has 0 aliphatic carbocycles. The fourth-order valence-corrected chi connectivity index (χ4v) is 5.13. The van der Waals surface area contributed by atoms with Gasteiger partial charge < -0.3 is 14.8 Å². The first-order valence-electron chi connectivity index (χ1n) is 11.5. The van der Waals surface area contributed by atoms with Gasteiger partial charge in [0.2, 0.25) is 5.91 Å². The first-order valence-corrected chi connectivity index (χ1v) is 13.3. The van der Waals surface area contributed by atoms with Crippen molar-refractivity contribution in [2.75, 3.05) is 18.2 Å². The average Bonchev–Trinajstić information content (AvgIpc) is 3.40. The Hall–Kier alpha value is -3.11. The number of aromatic nitrogens is 3. The summed E-state index contributed by atoms with van der Waals surface area (Å²) in [7, 11) is 1.31. The van der Waals surface area contributed by atoms with Gasteiger partial charge in [0.15, 0.2) is 17.1 Å². The SMILES string of the molecule is C=CCn1c(SCC(=O)Nc2sc(C)cc2C(=O)OC)nnc1C(C)Oc1ccc(C(C)(C)C)cc1. The molecule has 8 nitrogen and oxygen atoms in total. The number of carbonyl (C=O) groups excluding carboxylic acids is 2. The van der Waals surface area contributed by atoms with E-state index in [-0.39, 0.29) is 23.2 Å². The molecule has 0 aliphatic heterocycles. The molecule has 0 radical (unpaired) electrons. The molecule has 2 heterocycles. The number of allylic oxidation sites excluding steroid dienone is 1. The van der Waals surface area contributed by atoms with Gasteiger partial charge in [0.1, 0.15) is 10.8 Å². The molecule has 1 amide bonds. The van der Waals surface area contributed by atoms with Crippen LogP contribution in [0.5, 0.6) is 5.75 Å². The van der Waals surface area contributed by atoms with E-state index in [1.165, 1.54) is 35.8 Å². The maximum atomic E-state index is 12.6. The highest BCUT2D eigenvalue weighted by atomic mass is 32.2. The van der Waals surface area contributed by atoms with Gasteiger partial charge in [0, 0.05) is 11.4 Å². The van der Waals surface area contributed by atoms with Crippen LogP contribution >= 0.6 is 23.1 Å². The normalized spacial score (nSPS) is 12.2. The van der Waals surface area contributed by atoms with Crippen LogP contribution in [0.4, 0.5) is 5.00 Å². The maximum absolute atomic E-state index is 12.6. The van der Waals surface area contributed by atoms with Crippen molar-refractivity contribution in [3.63, 3.8) is 0 Å². The van der Waals surface area contributed by atoms with Crippen molar-refractivity contribution in [1.82, 2.24) is 14.8 Å². The number of anilines is 1. The summed E-state index contributed by atoms with van der Waals surface area (Å²) in [6.07, 6.45) is 1.39. The Balaban J connectivity index is 1.68. The molecule has 0 bridgehead atoms. The van der Waals surface area contributed by atoms with Gasteiger partial charge in [0.05, 0.1) is 18.4 Å². The molecule has 0 aliphatic rings. The van der Waals surface area contributed by atoms with E-state index in [4.69, 9.17) is 9.47 Å². The third kappa shape index (κ3) is 6.76. The monoisotopic (exact) mass is 528 g/mol. The number of benzene rings is 1. The minimum Gasteiger partial charge on any atom is -0.483 e. The molecular formula is C26H32N4O4S2. The highest BCUT2D eigenvalue weighted by molar-refractivity contribution is 7.99. The zero-order valence-corrected chi connectivity index (χ0v) is 23.1. The fourth-order valence-electron chi connectivity index (χ4n) is 3.46. The number of thioether (sulfide) groups is 1. The van der Waals surface area contributed by atoms with E-state index in [9.17, 15) is 9.59 Å². The van der Waals surface area contributed by atoms with Crippen molar-refractivity contribution < 1.29 is 19.1 Å². The van der Waals surface area contributed by atoms with Gasteiger partial charge in [-0.1, -0.05) is 50.7 Å². The van der Waals surface area contributed by atoms with Crippen LogP contribution in [0.3, 0.4) is 0 Å². The lowest BCUT2D eigenvalue weighted by Crippen LogP contribution is -2.16. The van der Waals surface area contributed by atoms with Gasteiger partial charge in [0.25, 0.3) is 0 Å². The summed E-state index contributed by atoms with van der Waals surface area (Å²) >= 11 is 2.58. The van der Waals surface area contributed by atoms with E-state index in [0.29, 0.717) is 28.1 Å². The molecule has 36 heavy (non-hydrogen) atoms. The molecule has 0 spiro atoms. The number of rotatable bonds is 10. The number of ether oxygens (including phenoxy) is 2. The summed E-state index contributed by atoms with van der Waals surface area (Å²) in [6.45, 7) is 14.6. The van der Waals surface area contributed by atoms with E-state index < -0.39 is 5.97 Å². The fraction of sp³-hybridized carbons (Fsp3) is 0.385. The smallest absolute Gasteiger partial charge is 0.340 e. The maximum Gasteiger partial charge on any atom is 0.340 e. The number of nitrogens with one attached hydrogen (secondary N) is 1. The largest absolute Gasteiger partial charge is 0.483 e. The van der Waals surface area contributed by atoms with Crippen molar-refractivity contribution in [3.05, 3.63) is 64.8 Å². The molecular weight excluding hydrogens is 496 g/mol. The lowest BCUT2D eigenvalue weighted by Gasteiger charge is -2.20. The predicted octanol–water partition coefficient (Wildman–Crippen LogP) is 5.79. The van der Waals surface area contributed by atoms with E-state index in [1.54, 1.807) is 12.1 Å². The van der Waals surface area contributed by atoms with Crippen LogP contribution in [0.2, 0.25) is 0 Å². The van der Waals surface area contributed by atoms with Crippen molar-refractivity contribution >= 4 is 40.0 Å². The minimum atomic E-state index is -0.486. The van der Waals surface area contributed by atoms with Crippen LogP contribution in [0, 0.1) is 6.92 Å². The third-order valence-corrected chi connectivity index (χ3v) is 7.23. The number of esters is 1. The summed E-state index contributed by atoms with van der Waals surface area (Å²) in [5, 5.41) is 12.5. The molecule has 1 N–H and O–H groups in total. The average molecular weight is 529 g/mol. The second-order valence-corrected chi connectivity index (χ2v) is 11.4. The number of nitrogens with zero attached hydrogens (tertiary/aromatic N) is 3. The van der Waals surface area contributed by atoms with E-state index >= 15 is 0 Å². The Labute approximate surface area is 220 Å². The second kappa shape index (κ2) is 11.7. The quantitative estimate of drug-likeness (QED) is 0.202. The Kier molecular flexibility index (Phi) is 8.97. The second-order valence-electron chi connectivity index (χ2n) is 9.20. The predicted molar refractivity (Wildman–Crippen MR) is 144 cm³/mol. The number of methoxy groups -OCH3 is 1. The first-order chi connectivity index (χ1) is 17.0. The van der Waals surface area contributed by atoms with E-state index in [2.05, 4.69) is 55.0 Å². The van der Waals surface area contributed by atoms with Gasteiger partial charge in [-0.2, -0.15) is 0 Å². The van der Waals surface area contributed by atoms with Crippen LogP contribution < -0.4 is 10.1 Å². The van der Waals surface area contributed by atoms with E-state index in [0.717, 1.165) is 10.6 Å². The van der Waals surface area contributed by atoms with Crippen molar-refractivity contribution in [2.24, 2.45) is 0 Å². The Morgan fingerprint density at radius 3 is 2.56 bits per heavy atom. The Bertz CT molecular complexity index is 1230. The summed E-state index contributed by atoms with van der Waals surface area (Å²) in [5.41, 5.74) is 1.64. The molecule has 0 saturated heterocycles. The Morgan fingerprint density at radius 2 is 1.94 bits per heavy atom. The molecule has 1 aromatic carbocycles. The number of amides is 1. The zero-order valence-electron chi connectivity index (χ0n) is 21.5. The number of carbonyl (C=O) groups is 2. The molecule has 3 rings (SSSR count). The standard InChI is InChI=1S/C26H32N4O4S2/c1-8-13-30-22(17(3)34-19-11-9-18(10-12-19)26(4,5)6)28-29-25(30)35-15-21(31)27-23-20(24(32)33-7)14-16(2)36-23/h8-12,14,17H,1,13,15H2,2-7H3,(H,27,31).